The molecule has 4 heteroatoms. The smallest absolute Gasteiger partial charge is 0.0546 e. The summed E-state index contributed by atoms with van der Waals surface area (Å²) in [7, 11) is 0. The van der Waals surface area contributed by atoms with Gasteiger partial charge in [0.25, 0.3) is 0 Å². The molecule has 24 aromatic carbocycles. The summed E-state index contributed by atoms with van der Waals surface area (Å²) in [6, 6.07) is 202. The normalized spacial score (nSPS) is 12.5. The maximum atomic E-state index is 2.49. The van der Waals surface area contributed by atoms with Crippen LogP contribution in [0.3, 0.4) is 0 Å². The van der Waals surface area contributed by atoms with Crippen molar-refractivity contribution in [3.63, 3.8) is 0 Å². The summed E-state index contributed by atoms with van der Waals surface area (Å²) in [4.78, 5) is 9.83. The Morgan fingerprint density at radius 1 is 0.123 bits per heavy atom. The molecule has 4 nitrogen and oxygen atoms in total. The van der Waals surface area contributed by atoms with Gasteiger partial charge in [-0.1, -0.05) is 434 Å². The van der Waals surface area contributed by atoms with Crippen molar-refractivity contribution in [2.45, 2.75) is 38.5 Å². The van der Waals surface area contributed by atoms with Crippen molar-refractivity contribution in [2.24, 2.45) is 0 Å². The minimum absolute atomic E-state index is 0.369. The molecule has 0 saturated carbocycles. The molecule has 0 saturated heterocycles. The second-order valence-electron chi connectivity index (χ2n) is 39.9. The summed E-state index contributed by atoms with van der Waals surface area (Å²) in [5.41, 5.74) is 43.8. The molecule has 0 unspecified atom stereocenters. The van der Waals surface area contributed by atoms with Crippen molar-refractivity contribution in [3.8, 4) is 122 Å². The van der Waals surface area contributed by atoms with Crippen LogP contribution in [-0.4, -0.2) is 0 Å². The minimum Gasteiger partial charge on any atom is -0.310 e. The number of anilines is 12. The quantitative estimate of drug-likeness (QED) is 0.0665. The maximum absolute atomic E-state index is 2.49. The van der Waals surface area contributed by atoms with Gasteiger partial charge in [0.05, 0.1) is 11.4 Å². The monoisotopic (exact) mass is 1860 g/mol. The molecule has 690 valence electrons. The van der Waals surface area contributed by atoms with Gasteiger partial charge in [-0.05, 0) is 316 Å². The summed E-state index contributed by atoms with van der Waals surface area (Å²) in [6.07, 6.45) is 0. The van der Waals surface area contributed by atoms with E-state index in [1.54, 1.807) is 0 Å². The molecule has 0 aromatic heterocycles. The first-order valence-corrected chi connectivity index (χ1v) is 50.7. The molecule has 0 aliphatic heterocycles. The molecule has 0 N–H and O–H groups in total. The Balaban J connectivity index is 0.479. The number of hydrogen-bond donors (Lipinski definition) is 0. The lowest BCUT2D eigenvalue weighted by molar-refractivity contribution is 0.660. The van der Waals surface area contributed by atoms with Crippen LogP contribution < -0.4 is 19.6 Å². The lowest BCUT2D eigenvalue weighted by atomic mass is 9.82. The topological polar surface area (TPSA) is 13.0 Å². The molecule has 0 atom stereocenters. The Morgan fingerprint density at radius 3 is 0.562 bits per heavy atom. The van der Waals surface area contributed by atoms with Crippen molar-refractivity contribution < 1.29 is 0 Å². The molecule has 0 radical (unpaired) electrons. The summed E-state index contributed by atoms with van der Waals surface area (Å²) in [6.45, 7) is 9.64. The van der Waals surface area contributed by atoms with Gasteiger partial charge in [-0.15, -0.1) is 0 Å². The van der Waals surface area contributed by atoms with Crippen molar-refractivity contribution in [1.29, 1.82) is 0 Å². The SMILES string of the molecule is CC1(C)c2cc(N(c3ccc(-c4ccccc4)cc3)c3ccc(-c4ccc(-c5ccc(-c6ccc(N(c7ccc(-c8ccccc8)cc7)c7ccc8c(c7)C(C)(C)c7cc(N(c9ccc(-c%10cccc(-c%11ccccc%11)c%10)cc9)c9cc%10ccccc%10c%10ccccc9%10)ccc7-8)cc6)cc5)cc4)cc3)ccc2-c2ccc(N(c3ccc(-c4ccc(-c5ccccc5)cc4)cc3)c3cc4ccccc4c4ccccc34)cc21. The van der Waals surface area contributed by atoms with Crippen LogP contribution in [0.1, 0.15) is 49.9 Å². The summed E-state index contributed by atoms with van der Waals surface area (Å²) in [5, 5.41) is 9.74. The van der Waals surface area contributed by atoms with E-state index >= 15 is 0 Å². The molecule has 0 fully saturated rings. The van der Waals surface area contributed by atoms with E-state index in [1.807, 2.05) is 0 Å². The maximum Gasteiger partial charge on any atom is 0.0546 e. The van der Waals surface area contributed by atoms with E-state index in [4.69, 9.17) is 0 Å². The Hall–Kier alpha value is -18.5. The van der Waals surface area contributed by atoms with E-state index in [9.17, 15) is 0 Å². The molecule has 0 bridgehead atoms. The summed E-state index contributed by atoms with van der Waals surface area (Å²) in [5.74, 6) is 0. The molecule has 0 amide bonds. The molecular formula is C142H102N4. The van der Waals surface area contributed by atoms with E-state index < -0.39 is 0 Å². The van der Waals surface area contributed by atoms with E-state index in [0.29, 0.717) is 0 Å². The van der Waals surface area contributed by atoms with Crippen molar-refractivity contribution in [1.82, 2.24) is 0 Å². The van der Waals surface area contributed by atoms with Crippen LogP contribution in [0, 0.1) is 0 Å². The van der Waals surface area contributed by atoms with Gasteiger partial charge >= 0.3 is 0 Å². The van der Waals surface area contributed by atoms with Gasteiger partial charge in [-0.2, -0.15) is 0 Å². The number of fused-ring (bicyclic) bond motifs is 12. The van der Waals surface area contributed by atoms with Gasteiger partial charge in [0.2, 0.25) is 0 Å². The van der Waals surface area contributed by atoms with Crippen molar-refractivity contribution >= 4 is 111 Å². The number of benzene rings is 24. The van der Waals surface area contributed by atoms with E-state index in [0.717, 1.165) is 102 Å². The average Bonchev–Trinajstić information content (AvgIpc) is 1.41. The lowest BCUT2D eigenvalue weighted by Crippen LogP contribution is -2.17. The van der Waals surface area contributed by atoms with Crippen LogP contribution in [-0.2, 0) is 10.8 Å². The first-order valence-electron chi connectivity index (χ1n) is 50.7. The third-order valence-corrected chi connectivity index (χ3v) is 30.7. The largest absolute Gasteiger partial charge is 0.310 e. The molecule has 2 aliphatic rings. The number of nitrogens with zero attached hydrogens (tertiary/aromatic N) is 4. The van der Waals surface area contributed by atoms with Crippen LogP contribution in [0.15, 0.2) is 546 Å². The highest BCUT2D eigenvalue weighted by Gasteiger charge is 2.40. The summed E-state index contributed by atoms with van der Waals surface area (Å²) < 4.78 is 0. The number of rotatable bonds is 21. The van der Waals surface area contributed by atoms with Gasteiger partial charge < -0.3 is 19.6 Å². The van der Waals surface area contributed by atoms with Gasteiger partial charge in [-0.3, -0.25) is 0 Å². The lowest BCUT2D eigenvalue weighted by Gasteiger charge is -2.30. The highest BCUT2D eigenvalue weighted by molar-refractivity contribution is 6.16. The molecule has 146 heavy (non-hydrogen) atoms. The molecular weight excluding hydrogens is 1760 g/mol. The second kappa shape index (κ2) is 36.6. The van der Waals surface area contributed by atoms with Crippen LogP contribution in [0.5, 0.6) is 0 Å². The van der Waals surface area contributed by atoms with Crippen LogP contribution in [0.25, 0.3) is 165 Å². The van der Waals surface area contributed by atoms with Gasteiger partial charge in [-0.25, -0.2) is 0 Å². The first kappa shape index (κ1) is 87.7. The first-order chi connectivity index (χ1) is 71.8. The highest BCUT2D eigenvalue weighted by atomic mass is 15.2. The highest BCUT2D eigenvalue weighted by Crippen LogP contribution is 2.57. The zero-order valence-electron chi connectivity index (χ0n) is 81.8. The fourth-order valence-corrected chi connectivity index (χ4v) is 23.0. The van der Waals surface area contributed by atoms with E-state index in [1.165, 1.54) is 154 Å². The molecule has 2 aliphatic carbocycles. The zero-order valence-corrected chi connectivity index (χ0v) is 81.8. The number of hydrogen-bond acceptors (Lipinski definition) is 4. The van der Waals surface area contributed by atoms with Crippen LogP contribution in [0.2, 0.25) is 0 Å². The Kier molecular flexibility index (Phi) is 22.0. The molecule has 0 heterocycles. The average molecular weight is 1860 g/mol. The fourth-order valence-electron chi connectivity index (χ4n) is 23.0. The zero-order chi connectivity index (χ0) is 97.5. The molecule has 26 rings (SSSR count). The van der Waals surface area contributed by atoms with E-state index in [-0.39, 0.29) is 10.8 Å². The van der Waals surface area contributed by atoms with Gasteiger partial charge in [0, 0.05) is 78.5 Å². The van der Waals surface area contributed by atoms with Gasteiger partial charge in [0.15, 0.2) is 0 Å². The Labute approximate surface area is 853 Å². The standard InChI is InChI=1S/C142H102N4/c1-141(2)135-91-121(80-84-129(135)131-86-82-123(93-137(131)141)145(139-89-113-34-17-19-38-125(113)127-40-21-23-42-133(127)139)119-76-64-109(65-77-119)102-46-44-99(45-47-102)95-26-9-5-10-27-95)143(115-68-56-105(57-69-115)96-28-11-6-12-29-96)117-72-60-107(61-73-117)103-52-48-100(49-53-103)101-50-54-104(55-51-101)108-62-74-118(75-63-108)144(116-70-58-106(59-71-116)97-30-13-7-14-31-97)122-81-85-130-132-87-83-124(94-138(132)142(3,4)136(130)92-122)146(140-90-114-35-18-20-39-126(114)128-41-22-24-43-134(128)140)120-78-66-110(67-79-120)112-37-25-36-111(88-112)98-32-15-8-16-33-98/h5-94H,1-4H3. The van der Waals surface area contributed by atoms with Crippen molar-refractivity contribution in [2.75, 3.05) is 19.6 Å². The van der Waals surface area contributed by atoms with E-state index in [2.05, 4.69) is 593 Å². The van der Waals surface area contributed by atoms with Crippen LogP contribution in [0.4, 0.5) is 68.2 Å². The minimum atomic E-state index is -0.371. The molecule has 0 spiro atoms. The fraction of sp³-hybridized carbons (Fsp3) is 0.0423. The Bertz CT molecular complexity index is 9000. The van der Waals surface area contributed by atoms with Crippen molar-refractivity contribution in [3.05, 3.63) is 568 Å². The predicted octanol–water partition coefficient (Wildman–Crippen LogP) is 39.8. The summed E-state index contributed by atoms with van der Waals surface area (Å²) >= 11 is 0. The molecule has 24 aromatic rings. The van der Waals surface area contributed by atoms with Crippen LogP contribution >= 0.6 is 0 Å². The Morgan fingerprint density at radius 2 is 0.301 bits per heavy atom. The third kappa shape index (κ3) is 15.9. The third-order valence-electron chi connectivity index (χ3n) is 30.7. The predicted molar refractivity (Wildman–Crippen MR) is 619 cm³/mol. The van der Waals surface area contributed by atoms with Gasteiger partial charge in [0.1, 0.15) is 0 Å². The second-order valence-corrected chi connectivity index (χ2v) is 39.9.